The minimum atomic E-state index is -2.93. The molecule has 2 N–H and O–H groups in total. The maximum absolute atomic E-state index is 11.3. The third kappa shape index (κ3) is 11.6. The van der Waals surface area contributed by atoms with E-state index in [0.717, 1.165) is 45.2 Å². The lowest BCUT2D eigenvalue weighted by atomic mass is 10.0. The van der Waals surface area contributed by atoms with Crippen LogP contribution in [0.2, 0.25) is 0 Å². The molecule has 0 radical (unpaired) electrons. The van der Waals surface area contributed by atoms with Crippen molar-refractivity contribution in [1.82, 2.24) is 15.5 Å². The van der Waals surface area contributed by atoms with Crippen LogP contribution in [0.15, 0.2) is 4.99 Å². The fourth-order valence-electron chi connectivity index (χ4n) is 2.95. The third-order valence-corrected chi connectivity index (χ3v) is 5.32. The van der Waals surface area contributed by atoms with E-state index in [9.17, 15) is 8.42 Å². The summed E-state index contributed by atoms with van der Waals surface area (Å²) in [7, 11) is -1.19. The van der Waals surface area contributed by atoms with E-state index in [1.165, 1.54) is 6.26 Å². The molecule has 0 bridgehead atoms. The number of hydrogen-bond donors (Lipinski definition) is 2. The summed E-state index contributed by atoms with van der Waals surface area (Å²) in [6.45, 7) is 10.8. The standard InChI is InChI=1S/C17H36N4O3S.HI/c1-14(2)12-16(21-7-9-24-10-8-21)13-19-17(18-4)20-15(3)6-11-25(5,22)23;/h14-16H,6-13H2,1-5H3,(H2,18,19,20);1H. The molecule has 1 saturated heterocycles. The molecule has 0 aliphatic carbocycles. The lowest BCUT2D eigenvalue weighted by Crippen LogP contribution is -2.52. The predicted molar refractivity (Wildman–Crippen MR) is 119 cm³/mol. The molecule has 1 aliphatic heterocycles. The second-order valence-electron chi connectivity index (χ2n) is 7.35. The molecule has 1 aliphatic rings. The molecule has 156 valence electrons. The Morgan fingerprint density at radius 2 is 1.85 bits per heavy atom. The van der Waals surface area contributed by atoms with Gasteiger partial charge in [0.05, 0.1) is 19.0 Å². The largest absolute Gasteiger partial charge is 0.379 e. The maximum Gasteiger partial charge on any atom is 0.191 e. The molecule has 26 heavy (non-hydrogen) atoms. The van der Waals surface area contributed by atoms with E-state index in [1.54, 1.807) is 7.05 Å². The van der Waals surface area contributed by atoms with Crippen molar-refractivity contribution in [2.24, 2.45) is 10.9 Å². The van der Waals surface area contributed by atoms with Crippen LogP contribution in [0.4, 0.5) is 0 Å². The Bertz CT molecular complexity index is 508. The van der Waals surface area contributed by atoms with Gasteiger partial charge in [-0.05, 0) is 25.7 Å². The molecule has 9 heteroatoms. The van der Waals surface area contributed by atoms with Gasteiger partial charge in [0.25, 0.3) is 0 Å². The van der Waals surface area contributed by atoms with Crippen LogP contribution in [0.5, 0.6) is 0 Å². The zero-order valence-corrected chi connectivity index (χ0v) is 20.0. The second-order valence-corrected chi connectivity index (χ2v) is 9.61. The molecule has 1 fully saturated rings. The molecule has 0 saturated carbocycles. The molecule has 0 aromatic carbocycles. The molecule has 0 aromatic heterocycles. The van der Waals surface area contributed by atoms with Crippen LogP contribution in [0, 0.1) is 5.92 Å². The van der Waals surface area contributed by atoms with Gasteiger partial charge in [0.2, 0.25) is 0 Å². The highest BCUT2D eigenvalue weighted by atomic mass is 127. The molecule has 0 spiro atoms. The average molecular weight is 504 g/mol. The van der Waals surface area contributed by atoms with Crippen LogP contribution in [-0.4, -0.2) is 83.3 Å². The Morgan fingerprint density at radius 3 is 2.35 bits per heavy atom. The van der Waals surface area contributed by atoms with Gasteiger partial charge in [0.15, 0.2) is 5.96 Å². The fourth-order valence-corrected chi connectivity index (χ4v) is 3.74. The van der Waals surface area contributed by atoms with E-state index in [-0.39, 0.29) is 35.8 Å². The summed E-state index contributed by atoms with van der Waals surface area (Å²) in [6, 6.07) is 0.488. The number of sulfone groups is 1. The molecule has 2 atom stereocenters. The number of aliphatic imine (C=N–C) groups is 1. The van der Waals surface area contributed by atoms with Gasteiger partial charge in [0.1, 0.15) is 9.84 Å². The smallest absolute Gasteiger partial charge is 0.191 e. The minimum absolute atomic E-state index is 0. The van der Waals surface area contributed by atoms with Crippen molar-refractivity contribution in [3.05, 3.63) is 0 Å². The topological polar surface area (TPSA) is 83.0 Å². The zero-order chi connectivity index (χ0) is 18.9. The Balaban J connectivity index is 0.00000625. The summed E-state index contributed by atoms with van der Waals surface area (Å²) in [6.07, 6.45) is 2.96. The zero-order valence-electron chi connectivity index (χ0n) is 16.8. The minimum Gasteiger partial charge on any atom is -0.379 e. The molecule has 1 heterocycles. The molecule has 7 nitrogen and oxygen atoms in total. The van der Waals surface area contributed by atoms with Gasteiger partial charge in [-0.15, -0.1) is 24.0 Å². The monoisotopic (exact) mass is 504 g/mol. The predicted octanol–water partition coefficient (Wildman–Crippen LogP) is 1.34. The summed E-state index contributed by atoms with van der Waals surface area (Å²) < 4.78 is 28.1. The molecular weight excluding hydrogens is 467 g/mol. The van der Waals surface area contributed by atoms with E-state index in [2.05, 4.69) is 34.4 Å². The van der Waals surface area contributed by atoms with Gasteiger partial charge in [-0.25, -0.2) is 8.42 Å². The number of rotatable bonds is 9. The van der Waals surface area contributed by atoms with E-state index in [4.69, 9.17) is 4.74 Å². The van der Waals surface area contributed by atoms with Gasteiger partial charge in [0, 0.05) is 45.0 Å². The van der Waals surface area contributed by atoms with Crippen molar-refractivity contribution in [3.63, 3.8) is 0 Å². The number of guanidine groups is 1. The highest BCUT2D eigenvalue weighted by molar-refractivity contribution is 14.0. The quantitative estimate of drug-likeness (QED) is 0.280. The van der Waals surface area contributed by atoms with E-state index in [1.807, 2.05) is 6.92 Å². The molecule has 0 aromatic rings. The lowest BCUT2D eigenvalue weighted by molar-refractivity contribution is 0.0132. The summed E-state index contributed by atoms with van der Waals surface area (Å²) in [5, 5.41) is 6.69. The lowest BCUT2D eigenvalue weighted by Gasteiger charge is -2.36. The summed E-state index contributed by atoms with van der Waals surface area (Å²) in [5.74, 6) is 1.53. The Kier molecular flexibility index (Phi) is 13.0. The maximum atomic E-state index is 11.3. The Morgan fingerprint density at radius 1 is 1.23 bits per heavy atom. The first-order chi connectivity index (χ1) is 11.7. The van der Waals surface area contributed by atoms with Crippen LogP contribution in [0.25, 0.3) is 0 Å². The second kappa shape index (κ2) is 13.1. The van der Waals surface area contributed by atoms with Crippen molar-refractivity contribution in [1.29, 1.82) is 0 Å². The van der Waals surface area contributed by atoms with Crippen LogP contribution >= 0.6 is 24.0 Å². The summed E-state index contributed by atoms with van der Waals surface area (Å²) in [5.41, 5.74) is 0. The van der Waals surface area contributed by atoms with Crippen molar-refractivity contribution in [2.75, 3.05) is 51.9 Å². The fraction of sp³-hybridized carbons (Fsp3) is 0.941. The summed E-state index contributed by atoms with van der Waals surface area (Å²) in [4.78, 5) is 6.75. The van der Waals surface area contributed by atoms with Gasteiger partial charge in [-0.2, -0.15) is 0 Å². The van der Waals surface area contributed by atoms with E-state index >= 15 is 0 Å². The van der Waals surface area contributed by atoms with Crippen LogP contribution in [0.3, 0.4) is 0 Å². The Labute approximate surface area is 176 Å². The number of nitrogens with zero attached hydrogens (tertiary/aromatic N) is 2. The van der Waals surface area contributed by atoms with Gasteiger partial charge in [-0.1, -0.05) is 13.8 Å². The number of ether oxygens (including phenoxy) is 1. The average Bonchev–Trinajstić information content (AvgIpc) is 2.55. The van der Waals surface area contributed by atoms with Crippen molar-refractivity contribution < 1.29 is 13.2 Å². The van der Waals surface area contributed by atoms with Gasteiger partial charge >= 0.3 is 0 Å². The molecule has 1 rings (SSSR count). The van der Waals surface area contributed by atoms with E-state index in [0.29, 0.717) is 18.4 Å². The molecule has 2 unspecified atom stereocenters. The number of morpholine rings is 1. The summed E-state index contributed by atoms with van der Waals surface area (Å²) >= 11 is 0. The van der Waals surface area contributed by atoms with E-state index < -0.39 is 9.84 Å². The molecular formula is C17H37IN4O3S. The van der Waals surface area contributed by atoms with Gasteiger partial charge < -0.3 is 15.4 Å². The highest BCUT2D eigenvalue weighted by Gasteiger charge is 2.22. The first-order valence-electron chi connectivity index (χ1n) is 9.18. The van der Waals surface area contributed by atoms with Crippen molar-refractivity contribution in [3.8, 4) is 0 Å². The van der Waals surface area contributed by atoms with Crippen LogP contribution < -0.4 is 10.6 Å². The molecule has 0 amide bonds. The third-order valence-electron chi connectivity index (χ3n) is 4.34. The number of hydrogen-bond acceptors (Lipinski definition) is 5. The first-order valence-corrected chi connectivity index (χ1v) is 11.2. The SMILES string of the molecule is CN=C(NCC(CC(C)C)N1CCOCC1)NC(C)CCS(C)(=O)=O.I. The number of nitrogens with one attached hydrogen (secondary N) is 2. The van der Waals surface area contributed by atoms with Crippen LogP contribution in [0.1, 0.15) is 33.6 Å². The number of halogens is 1. The first kappa shape index (κ1) is 25.9. The van der Waals surface area contributed by atoms with Gasteiger partial charge in [-0.3, -0.25) is 9.89 Å². The van der Waals surface area contributed by atoms with Crippen molar-refractivity contribution in [2.45, 2.75) is 45.7 Å². The highest BCUT2D eigenvalue weighted by Crippen LogP contribution is 2.13. The normalized spacial score (nSPS) is 18.9. The van der Waals surface area contributed by atoms with Crippen molar-refractivity contribution >= 4 is 39.8 Å². The van der Waals surface area contributed by atoms with Crippen LogP contribution in [-0.2, 0) is 14.6 Å². The Hall–Kier alpha value is -0.130.